The summed E-state index contributed by atoms with van der Waals surface area (Å²) in [4.78, 5) is 0. The van der Waals surface area contributed by atoms with Crippen molar-refractivity contribution in [3.05, 3.63) is 32.7 Å². The Balaban J connectivity index is 0.00000256. The van der Waals surface area contributed by atoms with E-state index in [2.05, 4.69) is 31.9 Å². The maximum Gasteiger partial charge on any atom is 0.389 e. The van der Waals surface area contributed by atoms with Gasteiger partial charge in [-0.15, -0.1) is 12.4 Å². The lowest BCUT2D eigenvalue weighted by molar-refractivity contribution is -0.136. The molecule has 0 amide bonds. The van der Waals surface area contributed by atoms with Crippen LogP contribution in [0.3, 0.4) is 0 Å². The van der Waals surface area contributed by atoms with E-state index in [0.29, 0.717) is 5.56 Å². The van der Waals surface area contributed by atoms with Crippen LogP contribution in [0.2, 0.25) is 0 Å². The van der Waals surface area contributed by atoms with E-state index in [0.717, 1.165) is 8.95 Å². The molecule has 17 heavy (non-hydrogen) atoms. The van der Waals surface area contributed by atoms with Gasteiger partial charge in [0.2, 0.25) is 0 Å². The fourth-order valence-corrected chi connectivity index (χ4v) is 2.19. The Labute approximate surface area is 121 Å². The third kappa shape index (κ3) is 6.08. The summed E-state index contributed by atoms with van der Waals surface area (Å²) in [5.41, 5.74) is 6.40. The molecule has 1 nitrogen and oxygen atoms in total. The van der Waals surface area contributed by atoms with Crippen molar-refractivity contribution in [3.63, 3.8) is 0 Å². The molecular formula is C10H11Br2ClF3N. The summed E-state index contributed by atoms with van der Waals surface area (Å²) >= 11 is 6.53. The van der Waals surface area contributed by atoms with Gasteiger partial charge in [-0.1, -0.05) is 31.9 Å². The van der Waals surface area contributed by atoms with Crippen LogP contribution in [0.25, 0.3) is 0 Å². The molecule has 7 heteroatoms. The van der Waals surface area contributed by atoms with Gasteiger partial charge in [-0.3, -0.25) is 0 Å². The zero-order valence-corrected chi connectivity index (χ0v) is 12.6. The SMILES string of the molecule is Cl.N[C@@H](CCC(F)(F)F)c1cc(Br)ccc1Br. The smallest absolute Gasteiger partial charge is 0.324 e. The minimum Gasteiger partial charge on any atom is -0.324 e. The van der Waals surface area contributed by atoms with E-state index in [-0.39, 0.29) is 18.8 Å². The van der Waals surface area contributed by atoms with Gasteiger partial charge in [0.25, 0.3) is 0 Å². The highest BCUT2D eigenvalue weighted by molar-refractivity contribution is 9.11. The average molecular weight is 397 g/mol. The van der Waals surface area contributed by atoms with Crippen molar-refractivity contribution in [2.24, 2.45) is 5.73 Å². The van der Waals surface area contributed by atoms with Gasteiger partial charge in [0.15, 0.2) is 0 Å². The fourth-order valence-electron chi connectivity index (χ4n) is 1.27. The quantitative estimate of drug-likeness (QED) is 0.765. The van der Waals surface area contributed by atoms with Crippen LogP contribution >= 0.6 is 44.3 Å². The second kappa shape index (κ2) is 6.97. The molecule has 0 spiro atoms. The molecular weight excluding hydrogens is 386 g/mol. The second-order valence-corrected chi connectivity index (χ2v) is 5.20. The summed E-state index contributed by atoms with van der Waals surface area (Å²) in [6.45, 7) is 0. The Hall–Kier alpha value is 0.220. The molecule has 0 bridgehead atoms. The van der Waals surface area contributed by atoms with Crippen LogP contribution in [-0.4, -0.2) is 6.18 Å². The molecule has 0 aromatic heterocycles. The average Bonchev–Trinajstić information content (AvgIpc) is 2.17. The monoisotopic (exact) mass is 395 g/mol. The standard InChI is InChI=1S/C10H10Br2F3N.ClH/c11-6-1-2-8(12)7(5-6)9(16)3-4-10(13,14)15;/h1-2,5,9H,3-4,16H2;1H/t9-;/m0./s1. The van der Waals surface area contributed by atoms with Crippen LogP contribution in [0.4, 0.5) is 13.2 Å². The molecule has 1 rings (SSSR count). The van der Waals surface area contributed by atoms with Gasteiger partial charge in [0.05, 0.1) is 0 Å². The largest absolute Gasteiger partial charge is 0.389 e. The summed E-state index contributed by atoms with van der Waals surface area (Å²) < 4.78 is 37.6. The fraction of sp³-hybridized carbons (Fsp3) is 0.400. The van der Waals surface area contributed by atoms with Crippen LogP contribution in [0.5, 0.6) is 0 Å². The number of hydrogen-bond donors (Lipinski definition) is 1. The lowest BCUT2D eigenvalue weighted by Gasteiger charge is -2.15. The molecule has 1 atom stereocenters. The first kappa shape index (κ1) is 17.2. The number of halogens is 6. The van der Waals surface area contributed by atoms with Gasteiger partial charge in [0.1, 0.15) is 0 Å². The van der Waals surface area contributed by atoms with E-state index in [9.17, 15) is 13.2 Å². The van der Waals surface area contributed by atoms with E-state index >= 15 is 0 Å². The van der Waals surface area contributed by atoms with Crippen molar-refractivity contribution in [1.29, 1.82) is 0 Å². The molecule has 1 aromatic rings. The maximum atomic E-state index is 12.0. The van der Waals surface area contributed by atoms with Crippen molar-refractivity contribution in [1.82, 2.24) is 0 Å². The van der Waals surface area contributed by atoms with Crippen LogP contribution in [0.15, 0.2) is 27.1 Å². The molecule has 0 aliphatic rings. The molecule has 0 fully saturated rings. The van der Waals surface area contributed by atoms with Crippen LogP contribution in [0, 0.1) is 0 Å². The highest BCUT2D eigenvalue weighted by Gasteiger charge is 2.28. The summed E-state index contributed by atoms with van der Waals surface area (Å²) in [7, 11) is 0. The Bertz CT molecular complexity index is 371. The zero-order valence-electron chi connectivity index (χ0n) is 8.60. The number of alkyl halides is 3. The maximum absolute atomic E-state index is 12.0. The van der Waals surface area contributed by atoms with Crippen LogP contribution < -0.4 is 5.73 Å². The zero-order chi connectivity index (χ0) is 12.3. The lowest BCUT2D eigenvalue weighted by atomic mass is 10.0. The molecule has 0 heterocycles. The normalized spacial score (nSPS) is 13.1. The second-order valence-electron chi connectivity index (χ2n) is 3.43. The number of rotatable bonds is 3. The van der Waals surface area contributed by atoms with Gasteiger partial charge >= 0.3 is 6.18 Å². The minimum atomic E-state index is -4.16. The first-order chi connectivity index (χ1) is 7.29. The van der Waals surface area contributed by atoms with Crippen LogP contribution in [-0.2, 0) is 0 Å². The lowest BCUT2D eigenvalue weighted by Crippen LogP contribution is -2.16. The van der Waals surface area contributed by atoms with E-state index in [1.54, 1.807) is 18.2 Å². The topological polar surface area (TPSA) is 26.0 Å². The van der Waals surface area contributed by atoms with E-state index in [1.807, 2.05) is 0 Å². The highest BCUT2D eigenvalue weighted by Crippen LogP contribution is 2.31. The van der Waals surface area contributed by atoms with Crippen LogP contribution in [0.1, 0.15) is 24.4 Å². The van der Waals surface area contributed by atoms with E-state index in [1.165, 1.54) is 0 Å². The first-order valence-corrected chi connectivity index (χ1v) is 6.15. The van der Waals surface area contributed by atoms with Gasteiger partial charge in [0, 0.05) is 21.4 Å². The van der Waals surface area contributed by atoms with Crippen molar-refractivity contribution in [2.45, 2.75) is 25.1 Å². The van der Waals surface area contributed by atoms with Crippen molar-refractivity contribution in [3.8, 4) is 0 Å². The highest BCUT2D eigenvalue weighted by atomic mass is 79.9. The van der Waals surface area contributed by atoms with Crippen molar-refractivity contribution >= 4 is 44.3 Å². The number of benzene rings is 1. The summed E-state index contributed by atoms with van der Waals surface area (Å²) in [5.74, 6) is 0. The molecule has 0 aliphatic heterocycles. The predicted molar refractivity (Wildman–Crippen MR) is 71.3 cm³/mol. The Kier molecular flexibility index (Phi) is 7.06. The third-order valence-corrected chi connectivity index (χ3v) is 3.31. The molecule has 0 radical (unpaired) electrons. The van der Waals surface area contributed by atoms with E-state index in [4.69, 9.17) is 5.73 Å². The number of nitrogens with two attached hydrogens (primary N) is 1. The Morgan fingerprint density at radius 3 is 2.35 bits per heavy atom. The Morgan fingerprint density at radius 1 is 1.24 bits per heavy atom. The summed E-state index contributed by atoms with van der Waals surface area (Å²) in [6, 6.07) is 4.66. The van der Waals surface area contributed by atoms with Crippen molar-refractivity contribution < 1.29 is 13.2 Å². The van der Waals surface area contributed by atoms with Gasteiger partial charge in [-0.05, 0) is 30.2 Å². The number of hydrogen-bond acceptors (Lipinski definition) is 1. The molecule has 98 valence electrons. The van der Waals surface area contributed by atoms with Gasteiger partial charge < -0.3 is 5.73 Å². The summed E-state index contributed by atoms with van der Waals surface area (Å²) in [6.07, 6.45) is -5.14. The molecule has 2 N–H and O–H groups in total. The van der Waals surface area contributed by atoms with Crippen molar-refractivity contribution in [2.75, 3.05) is 0 Å². The third-order valence-electron chi connectivity index (χ3n) is 2.10. The molecule has 0 unspecified atom stereocenters. The summed E-state index contributed by atoms with van der Waals surface area (Å²) in [5, 5.41) is 0. The molecule has 1 aromatic carbocycles. The first-order valence-electron chi connectivity index (χ1n) is 4.57. The van der Waals surface area contributed by atoms with Gasteiger partial charge in [-0.2, -0.15) is 13.2 Å². The Morgan fingerprint density at radius 2 is 1.82 bits per heavy atom. The predicted octanol–water partition coefficient (Wildman–Crippen LogP) is 4.98. The van der Waals surface area contributed by atoms with Gasteiger partial charge in [-0.25, -0.2) is 0 Å². The molecule has 0 saturated carbocycles. The minimum absolute atomic E-state index is 0. The van der Waals surface area contributed by atoms with E-state index < -0.39 is 18.6 Å². The molecule has 0 saturated heterocycles. The molecule has 0 aliphatic carbocycles.